The van der Waals surface area contributed by atoms with Gasteiger partial charge in [-0.05, 0) is 31.7 Å². The van der Waals surface area contributed by atoms with Gasteiger partial charge in [0.15, 0.2) is 0 Å². The molecule has 5 heteroatoms. The van der Waals surface area contributed by atoms with Crippen LogP contribution in [0, 0.1) is 5.92 Å². The SMILES string of the molecule is CC(CCCO)NC(=O)C1CC(=O)N(CCc2ccccc2)C1. The molecule has 2 atom stereocenters. The van der Waals surface area contributed by atoms with E-state index in [2.05, 4.69) is 5.32 Å². The second kappa shape index (κ2) is 8.67. The van der Waals surface area contributed by atoms with Gasteiger partial charge in [-0.15, -0.1) is 0 Å². The molecule has 1 aliphatic heterocycles. The lowest BCUT2D eigenvalue weighted by Gasteiger charge is -2.18. The monoisotopic (exact) mass is 318 g/mol. The van der Waals surface area contributed by atoms with E-state index >= 15 is 0 Å². The van der Waals surface area contributed by atoms with Crippen molar-refractivity contribution in [2.75, 3.05) is 19.7 Å². The van der Waals surface area contributed by atoms with Gasteiger partial charge in [0.05, 0.1) is 5.92 Å². The van der Waals surface area contributed by atoms with E-state index in [9.17, 15) is 9.59 Å². The van der Waals surface area contributed by atoms with E-state index in [4.69, 9.17) is 5.11 Å². The third kappa shape index (κ3) is 5.36. The quantitative estimate of drug-likeness (QED) is 0.760. The van der Waals surface area contributed by atoms with Gasteiger partial charge in [-0.2, -0.15) is 0 Å². The summed E-state index contributed by atoms with van der Waals surface area (Å²) in [4.78, 5) is 26.1. The van der Waals surface area contributed by atoms with Gasteiger partial charge in [0, 0.05) is 32.2 Å². The highest BCUT2D eigenvalue weighted by atomic mass is 16.3. The van der Waals surface area contributed by atoms with E-state index in [1.54, 1.807) is 4.90 Å². The first-order valence-electron chi connectivity index (χ1n) is 8.33. The molecule has 1 heterocycles. The zero-order valence-corrected chi connectivity index (χ0v) is 13.7. The summed E-state index contributed by atoms with van der Waals surface area (Å²) in [7, 11) is 0. The molecule has 0 aromatic heterocycles. The lowest BCUT2D eigenvalue weighted by molar-refractivity contribution is -0.129. The summed E-state index contributed by atoms with van der Waals surface area (Å²) in [6.45, 7) is 3.23. The number of nitrogens with one attached hydrogen (secondary N) is 1. The van der Waals surface area contributed by atoms with Gasteiger partial charge >= 0.3 is 0 Å². The Bertz CT molecular complexity index is 518. The number of hydrogen-bond acceptors (Lipinski definition) is 3. The molecule has 1 fully saturated rings. The third-order valence-electron chi connectivity index (χ3n) is 4.28. The van der Waals surface area contributed by atoms with Crippen LogP contribution < -0.4 is 5.32 Å². The Morgan fingerprint density at radius 1 is 1.39 bits per heavy atom. The maximum absolute atomic E-state index is 12.2. The largest absolute Gasteiger partial charge is 0.396 e. The van der Waals surface area contributed by atoms with Crippen molar-refractivity contribution in [1.29, 1.82) is 0 Å². The van der Waals surface area contributed by atoms with E-state index < -0.39 is 0 Å². The first-order valence-corrected chi connectivity index (χ1v) is 8.33. The third-order valence-corrected chi connectivity index (χ3v) is 4.28. The Labute approximate surface area is 137 Å². The molecule has 0 radical (unpaired) electrons. The molecule has 2 unspecified atom stereocenters. The molecule has 0 aliphatic carbocycles. The van der Waals surface area contributed by atoms with Crippen molar-refractivity contribution >= 4 is 11.8 Å². The topological polar surface area (TPSA) is 69.6 Å². The highest BCUT2D eigenvalue weighted by Gasteiger charge is 2.34. The van der Waals surface area contributed by atoms with Crippen molar-refractivity contribution < 1.29 is 14.7 Å². The minimum Gasteiger partial charge on any atom is -0.396 e. The maximum Gasteiger partial charge on any atom is 0.225 e. The van der Waals surface area contributed by atoms with Crippen molar-refractivity contribution in [2.45, 2.75) is 38.6 Å². The molecule has 0 bridgehead atoms. The highest BCUT2D eigenvalue weighted by Crippen LogP contribution is 2.19. The summed E-state index contributed by atoms with van der Waals surface area (Å²) in [5, 5.41) is 11.8. The molecular formula is C18H26N2O3. The fourth-order valence-corrected chi connectivity index (χ4v) is 2.90. The molecule has 0 spiro atoms. The second-order valence-electron chi connectivity index (χ2n) is 6.25. The summed E-state index contributed by atoms with van der Waals surface area (Å²) in [6.07, 6.45) is 2.54. The number of carbonyl (C=O) groups excluding carboxylic acids is 2. The molecular weight excluding hydrogens is 292 g/mol. The normalized spacial score (nSPS) is 19.0. The summed E-state index contributed by atoms with van der Waals surface area (Å²) < 4.78 is 0. The van der Waals surface area contributed by atoms with Gasteiger partial charge in [-0.1, -0.05) is 30.3 Å². The number of likely N-dealkylation sites (tertiary alicyclic amines) is 1. The lowest BCUT2D eigenvalue weighted by atomic mass is 10.1. The van der Waals surface area contributed by atoms with Gasteiger partial charge in [0.1, 0.15) is 0 Å². The Kier molecular flexibility index (Phi) is 6.59. The fraction of sp³-hybridized carbons (Fsp3) is 0.556. The van der Waals surface area contributed by atoms with Crippen molar-refractivity contribution in [3.8, 4) is 0 Å². The average Bonchev–Trinajstić information content (AvgIpc) is 2.93. The summed E-state index contributed by atoms with van der Waals surface area (Å²) >= 11 is 0. The van der Waals surface area contributed by atoms with Gasteiger partial charge in [0.2, 0.25) is 11.8 Å². The second-order valence-corrected chi connectivity index (χ2v) is 6.25. The maximum atomic E-state index is 12.2. The van der Waals surface area contributed by atoms with Gasteiger partial charge in [-0.3, -0.25) is 9.59 Å². The number of aliphatic hydroxyl groups is 1. The van der Waals surface area contributed by atoms with E-state index in [0.29, 0.717) is 25.9 Å². The number of aliphatic hydroxyl groups excluding tert-OH is 1. The summed E-state index contributed by atoms with van der Waals surface area (Å²) in [6, 6.07) is 10.1. The molecule has 5 nitrogen and oxygen atoms in total. The Morgan fingerprint density at radius 3 is 2.83 bits per heavy atom. The molecule has 1 aromatic carbocycles. The van der Waals surface area contributed by atoms with Crippen LogP contribution >= 0.6 is 0 Å². The standard InChI is InChI=1S/C18H26N2O3/c1-14(6-5-11-21)19-18(23)16-12-17(22)20(13-16)10-9-15-7-3-2-4-8-15/h2-4,7-8,14,16,21H,5-6,9-13H2,1H3,(H,19,23). The van der Waals surface area contributed by atoms with Crippen LogP contribution in [0.1, 0.15) is 31.7 Å². The zero-order valence-electron chi connectivity index (χ0n) is 13.7. The number of hydrogen-bond donors (Lipinski definition) is 2. The number of rotatable bonds is 8. The predicted octanol–water partition coefficient (Wildman–Crippen LogP) is 1.35. The van der Waals surface area contributed by atoms with Gasteiger partial charge in [-0.25, -0.2) is 0 Å². The minimum absolute atomic E-state index is 0.0307. The van der Waals surface area contributed by atoms with E-state index in [0.717, 1.165) is 12.8 Å². The van der Waals surface area contributed by atoms with E-state index in [1.165, 1.54) is 5.56 Å². The highest BCUT2D eigenvalue weighted by molar-refractivity contribution is 5.89. The molecule has 2 rings (SSSR count). The molecule has 0 saturated carbocycles. The molecule has 2 N–H and O–H groups in total. The number of amides is 2. The van der Waals surface area contributed by atoms with Crippen LogP contribution in [-0.2, 0) is 16.0 Å². The number of nitrogens with zero attached hydrogens (tertiary/aromatic N) is 1. The molecule has 1 saturated heterocycles. The van der Waals surface area contributed by atoms with Crippen molar-refractivity contribution in [3.05, 3.63) is 35.9 Å². The van der Waals surface area contributed by atoms with Crippen LogP contribution in [0.3, 0.4) is 0 Å². The van der Waals surface area contributed by atoms with Crippen LogP contribution in [-0.4, -0.2) is 47.6 Å². The average molecular weight is 318 g/mol. The zero-order chi connectivity index (χ0) is 16.7. The van der Waals surface area contributed by atoms with Crippen molar-refractivity contribution in [3.63, 3.8) is 0 Å². The van der Waals surface area contributed by atoms with Crippen LogP contribution in [0.25, 0.3) is 0 Å². The first kappa shape index (κ1) is 17.5. The van der Waals surface area contributed by atoms with Crippen LogP contribution in [0.4, 0.5) is 0 Å². The molecule has 23 heavy (non-hydrogen) atoms. The van der Waals surface area contributed by atoms with E-state index in [-0.39, 0.29) is 30.4 Å². The Hall–Kier alpha value is -1.88. The van der Waals surface area contributed by atoms with Gasteiger partial charge in [0.25, 0.3) is 0 Å². The summed E-state index contributed by atoms with van der Waals surface area (Å²) in [5.41, 5.74) is 1.20. The van der Waals surface area contributed by atoms with Crippen molar-refractivity contribution in [2.24, 2.45) is 5.92 Å². The smallest absolute Gasteiger partial charge is 0.225 e. The molecule has 2 amide bonds. The number of carbonyl (C=O) groups is 2. The van der Waals surface area contributed by atoms with Crippen LogP contribution in [0.2, 0.25) is 0 Å². The molecule has 1 aliphatic rings. The van der Waals surface area contributed by atoms with Crippen LogP contribution in [0.5, 0.6) is 0 Å². The predicted molar refractivity (Wildman–Crippen MR) is 88.8 cm³/mol. The number of benzene rings is 1. The Morgan fingerprint density at radius 2 is 2.13 bits per heavy atom. The molecule has 126 valence electrons. The van der Waals surface area contributed by atoms with E-state index in [1.807, 2.05) is 37.3 Å². The first-order chi connectivity index (χ1) is 11.1. The lowest BCUT2D eigenvalue weighted by Crippen LogP contribution is -2.38. The fourth-order valence-electron chi connectivity index (χ4n) is 2.90. The van der Waals surface area contributed by atoms with Crippen LogP contribution in [0.15, 0.2) is 30.3 Å². The van der Waals surface area contributed by atoms with Crippen molar-refractivity contribution in [1.82, 2.24) is 10.2 Å². The summed E-state index contributed by atoms with van der Waals surface area (Å²) in [5.74, 6) is -0.245. The van der Waals surface area contributed by atoms with Gasteiger partial charge < -0.3 is 15.3 Å². The molecule has 1 aromatic rings. The Balaban J connectivity index is 1.78. The minimum atomic E-state index is -0.255.